The van der Waals surface area contributed by atoms with E-state index in [1.165, 1.54) is 19.0 Å². The quantitative estimate of drug-likeness (QED) is 0.705. The van der Waals surface area contributed by atoms with Crippen LogP contribution in [0.3, 0.4) is 0 Å². The molecule has 1 aliphatic heterocycles. The van der Waals surface area contributed by atoms with Crippen molar-refractivity contribution in [1.29, 1.82) is 0 Å². The molecule has 1 saturated heterocycles. The molecule has 0 radical (unpaired) electrons. The normalized spacial score (nSPS) is 22.2. The second-order valence-corrected chi connectivity index (χ2v) is 4.83. The number of rotatable bonds is 2. The lowest BCUT2D eigenvalue weighted by Gasteiger charge is -2.18. The fraction of sp³-hybridized carbons (Fsp3) is 0.600. The molecule has 1 unspecified atom stereocenters. The van der Waals surface area contributed by atoms with Gasteiger partial charge in [-0.1, -0.05) is 11.6 Å². The van der Waals surface area contributed by atoms with Crippen molar-refractivity contribution in [3.05, 3.63) is 17.5 Å². The summed E-state index contributed by atoms with van der Waals surface area (Å²) in [5, 5.41) is 4.05. The Kier molecular flexibility index (Phi) is 2.91. The average molecular weight is 211 g/mol. The average Bonchev–Trinajstić information content (AvgIpc) is 2.67. The molecule has 0 aliphatic carbocycles. The molecule has 4 heteroatoms. The third-order valence-corrected chi connectivity index (χ3v) is 3.83. The van der Waals surface area contributed by atoms with Gasteiger partial charge in [-0.3, -0.25) is 4.79 Å². The van der Waals surface area contributed by atoms with Crippen molar-refractivity contribution in [3.8, 4) is 0 Å². The molecule has 3 nitrogen and oxygen atoms in total. The molecule has 1 aliphatic rings. The number of nitrogens with zero attached hydrogens (tertiary/aromatic N) is 1. The highest BCUT2D eigenvalue weighted by Crippen LogP contribution is 2.39. The van der Waals surface area contributed by atoms with Crippen LogP contribution in [0.25, 0.3) is 0 Å². The number of hydrogen-bond donors (Lipinski definition) is 0. The van der Waals surface area contributed by atoms with Crippen molar-refractivity contribution >= 4 is 17.5 Å². The summed E-state index contributed by atoms with van der Waals surface area (Å²) < 4.78 is 5.17. The van der Waals surface area contributed by atoms with Crippen LogP contribution in [0.2, 0.25) is 0 Å². The molecule has 1 atom stereocenters. The highest BCUT2D eigenvalue weighted by Gasteiger charge is 2.24. The van der Waals surface area contributed by atoms with E-state index in [1.807, 2.05) is 11.8 Å². The summed E-state index contributed by atoms with van der Waals surface area (Å²) in [7, 11) is 0. The minimum Gasteiger partial charge on any atom is -0.359 e. The molecule has 0 saturated carbocycles. The van der Waals surface area contributed by atoms with E-state index in [2.05, 4.69) is 5.16 Å². The molecule has 2 rings (SSSR count). The predicted octanol–water partition coefficient (Wildman–Crippen LogP) is 2.84. The van der Waals surface area contributed by atoms with Gasteiger partial charge in [0.25, 0.3) is 0 Å². The zero-order chi connectivity index (χ0) is 9.97. The Morgan fingerprint density at radius 3 is 3.14 bits per heavy atom. The topological polar surface area (TPSA) is 43.1 Å². The number of ketones is 1. The fourth-order valence-corrected chi connectivity index (χ4v) is 3.00. The first-order valence-corrected chi connectivity index (χ1v) is 5.91. The molecule has 0 spiro atoms. The first kappa shape index (κ1) is 9.77. The second-order valence-electron chi connectivity index (χ2n) is 3.52. The van der Waals surface area contributed by atoms with Crippen LogP contribution in [0, 0.1) is 0 Å². The van der Waals surface area contributed by atoms with Crippen molar-refractivity contribution in [1.82, 2.24) is 5.16 Å². The van der Waals surface area contributed by atoms with E-state index < -0.39 is 0 Å². The van der Waals surface area contributed by atoms with Gasteiger partial charge in [-0.25, -0.2) is 0 Å². The van der Waals surface area contributed by atoms with Crippen LogP contribution >= 0.6 is 11.8 Å². The highest BCUT2D eigenvalue weighted by molar-refractivity contribution is 7.99. The van der Waals surface area contributed by atoms with Crippen LogP contribution in [0.15, 0.2) is 10.7 Å². The van der Waals surface area contributed by atoms with Gasteiger partial charge in [-0.2, -0.15) is 11.8 Å². The maximum atomic E-state index is 11.3. The Balaban J connectivity index is 2.21. The number of Topliss-reactive ketones (excluding diaryl/α,β-unsaturated/α-hetero) is 1. The summed E-state index contributed by atoms with van der Waals surface area (Å²) in [6, 6.07) is 0. The Morgan fingerprint density at radius 1 is 1.64 bits per heavy atom. The number of hydrogen-bond acceptors (Lipinski definition) is 4. The summed E-state index contributed by atoms with van der Waals surface area (Å²) in [6.45, 7) is 1.56. The molecular weight excluding hydrogens is 198 g/mol. The monoisotopic (exact) mass is 211 g/mol. The first-order valence-electron chi connectivity index (χ1n) is 4.86. The van der Waals surface area contributed by atoms with Crippen molar-refractivity contribution in [2.45, 2.75) is 31.4 Å². The standard InChI is InChI=1S/C10H13NO2S/c1-7(12)8-6-11-13-10(8)9-4-2-3-5-14-9/h6,9H,2-5H2,1H3. The van der Waals surface area contributed by atoms with E-state index in [-0.39, 0.29) is 5.78 Å². The minimum atomic E-state index is 0.0485. The van der Waals surface area contributed by atoms with Gasteiger partial charge in [0.2, 0.25) is 0 Å². The molecule has 0 amide bonds. The molecule has 76 valence electrons. The Labute approximate surface area is 87.2 Å². The Hall–Kier alpha value is -0.770. The van der Waals surface area contributed by atoms with Gasteiger partial charge in [0.15, 0.2) is 11.5 Å². The summed E-state index contributed by atoms with van der Waals surface area (Å²) in [5.74, 6) is 1.98. The van der Waals surface area contributed by atoms with Gasteiger partial charge in [0, 0.05) is 0 Å². The van der Waals surface area contributed by atoms with Gasteiger partial charge in [0.05, 0.1) is 17.0 Å². The summed E-state index contributed by atoms with van der Waals surface area (Å²) in [6.07, 6.45) is 5.12. The third-order valence-electron chi connectivity index (χ3n) is 2.45. The lowest BCUT2D eigenvalue weighted by atomic mass is 10.1. The molecule has 2 heterocycles. The van der Waals surface area contributed by atoms with Gasteiger partial charge >= 0.3 is 0 Å². The second kappa shape index (κ2) is 4.17. The van der Waals surface area contributed by atoms with Crippen LogP contribution in [-0.2, 0) is 0 Å². The lowest BCUT2D eigenvalue weighted by Crippen LogP contribution is -2.05. The molecule has 0 aromatic carbocycles. The van der Waals surface area contributed by atoms with Gasteiger partial charge in [-0.15, -0.1) is 0 Å². The van der Waals surface area contributed by atoms with Crippen LogP contribution in [0.1, 0.15) is 47.6 Å². The van der Waals surface area contributed by atoms with E-state index in [9.17, 15) is 4.79 Å². The van der Waals surface area contributed by atoms with E-state index in [1.54, 1.807) is 6.92 Å². The van der Waals surface area contributed by atoms with Crippen molar-refractivity contribution in [3.63, 3.8) is 0 Å². The maximum absolute atomic E-state index is 11.3. The summed E-state index contributed by atoms with van der Waals surface area (Å²) >= 11 is 1.87. The van der Waals surface area contributed by atoms with Crippen LogP contribution in [0.5, 0.6) is 0 Å². The molecule has 0 bridgehead atoms. The maximum Gasteiger partial charge on any atom is 0.165 e. The number of aromatic nitrogens is 1. The van der Waals surface area contributed by atoms with Crippen LogP contribution in [0.4, 0.5) is 0 Å². The molecular formula is C10H13NO2S. The van der Waals surface area contributed by atoms with Crippen LogP contribution in [-0.4, -0.2) is 16.7 Å². The van der Waals surface area contributed by atoms with E-state index >= 15 is 0 Å². The Morgan fingerprint density at radius 2 is 2.50 bits per heavy atom. The third kappa shape index (κ3) is 1.85. The van der Waals surface area contributed by atoms with E-state index in [0.29, 0.717) is 10.8 Å². The van der Waals surface area contributed by atoms with Gasteiger partial charge in [-0.05, 0) is 25.5 Å². The number of thioether (sulfide) groups is 1. The summed E-state index contributed by atoms with van der Waals surface area (Å²) in [5.41, 5.74) is 0.657. The lowest BCUT2D eigenvalue weighted by molar-refractivity contribution is 0.101. The van der Waals surface area contributed by atoms with E-state index in [4.69, 9.17) is 4.52 Å². The molecule has 1 aromatic rings. The molecule has 14 heavy (non-hydrogen) atoms. The van der Waals surface area contributed by atoms with Crippen LogP contribution < -0.4 is 0 Å². The number of carbonyl (C=O) groups is 1. The van der Waals surface area contributed by atoms with E-state index in [0.717, 1.165) is 17.9 Å². The van der Waals surface area contributed by atoms with Gasteiger partial charge < -0.3 is 4.52 Å². The summed E-state index contributed by atoms with van der Waals surface area (Å²) in [4.78, 5) is 11.3. The molecule has 0 N–H and O–H groups in total. The smallest absolute Gasteiger partial charge is 0.165 e. The molecule has 1 aromatic heterocycles. The first-order chi connectivity index (χ1) is 6.79. The largest absolute Gasteiger partial charge is 0.359 e. The van der Waals surface area contributed by atoms with Gasteiger partial charge in [0.1, 0.15) is 0 Å². The fourth-order valence-electron chi connectivity index (χ4n) is 1.69. The number of carbonyl (C=O) groups excluding carboxylic acids is 1. The van der Waals surface area contributed by atoms with Crippen molar-refractivity contribution in [2.75, 3.05) is 5.75 Å². The zero-order valence-electron chi connectivity index (χ0n) is 8.16. The molecule has 1 fully saturated rings. The highest BCUT2D eigenvalue weighted by atomic mass is 32.2. The minimum absolute atomic E-state index is 0.0485. The Bertz CT molecular complexity index is 329. The zero-order valence-corrected chi connectivity index (χ0v) is 8.97. The predicted molar refractivity (Wildman–Crippen MR) is 55.6 cm³/mol. The SMILES string of the molecule is CC(=O)c1cnoc1C1CCCCS1. The van der Waals surface area contributed by atoms with Crippen molar-refractivity contribution < 1.29 is 9.32 Å². The van der Waals surface area contributed by atoms with Crippen molar-refractivity contribution in [2.24, 2.45) is 0 Å².